The third-order valence-corrected chi connectivity index (χ3v) is 8.74. The molecule has 0 aromatic heterocycles. The van der Waals surface area contributed by atoms with Crippen LogP contribution in [0.15, 0.2) is 60.8 Å². The zero-order valence-electron chi connectivity index (χ0n) is 32.2. The second-order valence-corrected chi connectivity index (χ2v) is 14.5. The fourth-order valence-corrected chi connectivity index (χ4v) is 5.59. The molecular weight excluding hydrogens is 663 g/mol. The number of rotatable bonds is 36. The highest BCUT2D eigenvalue weighted by Crippen LogP contribution is 2.36. The van der Waals surface area contributed by atoms with E-state index in [0.717, 1.165) is 70.6 Å². The molecule has 8 nitrogen and oxygen atoms in total. The molecule has 0 heterocycles. The van der Waals surface area contributed by atoms with Gasteiger partial charge in [-0.3, -0.25) is 14.1 Å². The van der Waals surface area contributed by atoms with E-state index in [1.807, 2.05) is 0 Å². The monoisotopic (exact) mass is 737 g/mol. The first-order chi connectivity index (χ1) is 24.8. The van der Waals surface area contributed by atoms with Gasteiger partial charge in [0.2, 0.25) is 0 Å². The van der Waals surface area contributed by atoms with Gasteiger partial charge in [-0.1, -0.05) is 139 Å². The molecule has 0 saturated heterocycles. The standard InChI is InChI=1S/C42H73O8P/c1-3-5-7-9-11-13-15-17-19-20-21-22-23-25-26-28-30-32-34-36-41(43)48-38-40(39-49-51(45,46)47)50-42(44)37-35-33-31-29-27-24-18-16-14-12-10-8-6-4-2/h11,13,16-19,21-22,25-26,40H,3-10,12,14-15,20,23-24,27-39H2,1-2H3,(H2,45,46,47)/b13-11+,18-16+,19-17+,22-21+,26-25+/t40-/m1/s1. The maximum atomic E-state index is 12.4. The van der Waals surface area contributed by atoms with Crippen LogP contribution in [0.25, 0.3) is 0 Å². The first kappa shape index (κ1) is 48.8. The van der Waals surface area contributed by atoms with Gasteiger partial charge in [0.1, 0.15) is 6.61 Å². The molecule has 0 aliphatic rings. The number of allylic oxidation sites excluding steroid dienone is 10. The van der Waals surface area contributed by atoms with E-state index in [-0.39, 0.29) is 19.4 Å². The Bertz CT molecular complexity index is 1010. The fraction of sp³-hybridized carbons (Fsp3) is 0.714. The Hall–Kier alpha value is -2.25. The Morgan fingerprint density at radius 1 is 0.510 bits per heavy atom. The van der Waals surface area contributed by atoms with Crippen LogP contribution in [0.2, 0.25) is 0 Å². The molecule has 0 fully saturated rings. The zero-order valence-corrected chi connectivity index (χ0v) is 33.1. The minimum absolute atomic E-state index is 0.192. The SMILES string of the molecule is CCCCC/C=C/C/C=C/C/C=C/C/C=C/CCCCCC(=O)OC[C@H](COP(=O)(O)O)OC(=O)CCCCCCC/C=C/CCCCCCC. The molecule has 0 aromatic rings. The fourth-order valence-electron chi connectivity index (χ4n) is 5.23. The minimum atomic E-state index is -4.76. The number of carbonyl (C=O) groups excluding carboxylic acids is 2. The molecule has 294 valence electrons. The molecule has 0 aliphatic heterocycles. The van der Waals surface area contributed by atoms with Crippen LogP contribution < -0.4 is 0 Å². The van der Waals surface area contributed by atoms with Gasteiger partial charge in [0.15, 0.2) is 6.10 Å². The van der Waals surface area contributed by atoms with Crippen LogP contribution in [0.5, 0.6) is 0 Å². The van der Waals surface area contributed by atoms with E-state index in [1.165, 1.54) is 64.2 Å². The van der Waals surface area contributed by atoms with Crippen molar-refractivity contribution < 1.29 is 37.9 Å². The zero-order chi connectivity index (χ0) is 37.5. The molecule has 0 saturated carbocycles. The summed E-state index contributed by atoms with van der Waals surface area (Å²) < 4.78 is 26.3. The van der Waals surface area contributed by atoms with Crippen molar-refractivity contribution in [1.29, 1.82) is 0 Å². The second kappa shape index (κ2) is 37.5. The van der Waals surface area contributed by atoms with Crippen molar-refractivity contribution in [3.05, 3.63) is 60.8 Å². The van der Waals surface area contributed by atoms with Crippen molar-refractivity contribution in [2.45, 2.75) is 180 Å². The molecule has 1 atom stereocenters. The van der Waals surface area contributed by atoms with Crippen molar-refractivity contribution >= 4 is 19.8 Å². The van der Waals surface area contributed by atoms with Gasteiger partial charge >= 0.3 is 19.8 Å². The van der Waals surface area contributed by atoms with Crippen LogP contribution in [-0.2, 0) is 28.2 Å². The Labute approximate surface area is 311 Å². The van der Waals surface area contributed by atoms with Crippen LogP contribution in [-0.4, -0.2) is 41.0 Å². The van der Waals surface area contributed by atoms with E-state index in [0.29, 0.717) is 12.8 Å². The minimum Gasteiger partial charge on any atom is -0.462 e. The van der Waals surface area contributed by atoms with Gasteiger partial charge in [0.25, 0.3) is 0 Å². The molecule has 2 N–H and O–H groups in total. The predicted octanol–water partition coefficient (Wildman–Crippen LogP) is 12.1. The van der Waals surface area contributed by atoms with E-state index in [2.05, 4.69) is 79.1 Å². The topological polar surface area (TPSA) is 119 Å². The van der Waals surface area contributed by atoms with E-state index >= 15 is 0 Å². The van der Waals surface area contributed by atoms with E-state index in [1.54, 1.807) is 0 Å². The smallest absolute Gasteiger partial charge is 0.462 e. The number of hydrogen-bond acceptors (Lipinski definition) is 6. The van der Waals surface area contributed by atoms with E-state index < -0.39 is 32.5 Å². The number of carbonyl (C=O) groups is 2. The van der Waals surface area contributed by atoms with Crippen LogP contribution in [0.3, 0.4) is 0 Å². The summed E-state index contributed by atoms with van der Waals surface area (Å²) in [5.74, 6) is -0.934. The summed E-state index contributed by atoms with van der Waals surface area (Å²) in [6.45, 7) is 3.60. The van der Waals surface area contributed by atoms with Crippen molar-refractivity contribution in [1.82, 2.24) is 0 Å². The van der Waals surface area contributed by atoms with Gasteiger partial charge in [-0.05, 0) is 83.5 Å². The second-order valence-electron chi connectivity index (χ2n) is 13.2. The lowest BCUT2D eigenvalue weighted by molar-refractivity contribution is -0.161. The quantitative estimate of drug-likeness (QED) is 0.0282. The molecule has 0 amide bonds. The maximum Gasteiger partial charge on any atom is 0.469 e. The largest absolute Gasteiger partial charge is 0.469 e. The Morgan fingerprint density at radius 3 is 1.39 bits per heavy atom. The van der Waals surface area contributed by atoms with Gasteiger partial charge in [0, 0.05) is 12.8 Å². The number of esters is 2. The van der Waals surface area contributed by atoms with E-state index in [4.69, 9.17) is 19.3 Å². The lowest BCUT2D eigenvalue weighted by Crippen LogP contribution is -2.29. The molecule has 0 aliphatic carbocycles. The van der Waals surface area contributed by atoms with Crippen molar-refractivity contribution in [3.8, 4) is 0 Å². The van der Waals surface area contributed by atoms with Crippen molar-refractivity contribution in [3.63, 3.8) is 0 Å². The normalized spacial score (nSPS) is 13.1. The summed E-state index contributed by atoms with van der Waals surface area (Å²) in [6, 6.07) is 0. The summed E-state index contributed by atoms with van der Waals surface area (Å²) in [5, 5.41) is 0. The van der Waals surface area contributed by atoms with Crippen LogP contribution >= 0.6 is 7.82 Å². The predicted molar refractivity (Wildman–Crippen MR) is 211 cm³/mol. The van der Waals surface area contributed by atoms with Gasteiger partial charge in [0.05, 0.1) is 6.61 Å². The average molecular weight is 737 g/mol. The number of unbranched alkanes of at least 4 members (excludes halogenated alkanes) is 16. The molecule has 0 bridgehead atoms. The first-order valence-electron chi connectivity index (χ1n) is 20.1. The van der Waals surface area contributed by atoms with Crippen molar-refractivity contribution in [2.75, 3.05) is 13.2 Å². The van der Waals surface area contributed by atoms with E-state index in [9.17, 15) is 14.2 Å². The van der Waals surface area contributed by atoms with Crippen LogP contribution in [0.4, 0.5) is 0 Å². The Morgan fingerprint density at radius 2 is 0.882 bits per heavy atom. The molecule has 0 rings (SSSR count). The molecule has 51 heavy (non-hydrogen) atoms. The number of ether oxygens (including phenoxy) is 2. The van der Waals surface area contributed by atoms with Gasteiger partial charge < -0.3 is 19.3 Å². The average Bonchev–Trinajstić information content (AvgIpc) is 3.10. The maximum absolute atomic E-state index is 12.4. The molecular formula is C42H73O8P. The molecule has 0 spiro atoms. The summed E-state index contributed by atoms with van der Waals surface area (Å²) in [6.07, 6.45) is 46.5. The molecule has 0 radical (unpaired) electrons. The molecule has 0 unspecified atom stereocenters. The first-order valence-corrected chi connectivity index (χ1v) is 21.6. The van der Waals surface area contributed by atoms with Gasteiger partial charge in [-0.15, -0.1) is 0 Å². The van der Waals surface area contributed by atoms with Gasteiger partial charge in [-0.2, -0.15) is 0 Å². The summed E-state index contributed by atoms with van der Waals surface area (Å²) in [7, 11) is -4.76. The number of phosphoric ester groups is 1. The summed E-state index contributed by atoms with van der Waals surface area (Å²) in [5.41, 5.74) is 0. The van der Waals surface area contributed by atoms with Crippen molar-refractivity contribution in [2.24, 2.45) is 0 Å². The van der Waals surface area contributed by atoms with Crippen LogP contribution in [0, 0.1) is 0 Å². The third kappa shape index (κ3) is 40.4. The van der Waals surface area contributed by atoms with Crippen LogP contribution in [0.1, 0.15) is 174 Å². The summed E-state index contributed by atoms with van der Waals surface area (Å²) >= 11 is 0. The Balaban J connectivity index is 4.03. The lowest BCUT2D eigenvalue weighted by Gasteiger charge is -2.18. The highest BCUT2D eigenvalue weighted by molar-refractivity contribution is 7.46. The third-order valence-electron chi connectivity index (χ3n) is 8.26. The summed E-state index contributed by atoms with van der Waals surface area (Å²) in [4.78, 5) is 42.8. The highest BCUT2D eigenvalue weighted by Gasteiger charge is 2.22. The number of hydrogen-bond donors (Lipinski definition) is 2. The Kier molecular flexibility index (Phi) is 35.9. The molecule has 9 heteroatoms. The lowest BCUT2D eigenvalue weighted by atomic mass is 10.1. The highest BCUT2D eigenvalue weighted by atomic mass is 31.2. The number of phosphoric acid groups is 1. The molecule has 0 aromatic carbocycles. The van der Waals surface area contributed by atoms with Gasteiger partial charge in [-0.25, -0.2) is 4.57 Å².